The highest BCUT2D eigenvalue weighted by molar-refractivity contribution is 7.12. The number of hydrogen-bond acceptors (Lipinski definition) is 2. The molecule has 0 saturated carbocycles. The number of alkyl halides is 6. The number of allylic oxidation sites excluding steroid dienone is 1. The second-order valence-corrected chi connectivity index (χ2v) is 9.04. The van der Waals surface area contributed by atoms with Crippen LogP contribution >= 0.6 is 11.3 Å². The van der Waals surface area contributed by atoms with Gasteiger partial charge in [0.05, 0.1) is 22.4 Å². The molecule has 0 atom stereocenters. The fraction of sp³-hybridized carbons (Fsp3) is 0.208. The number of benzene rings is 2. The highest BCUT2D eigenvalue weighted by Crippen LogP contribution is 2.35. The predicted octanol–water partition coefficient (Wildman–Crippen LogP) is 7.05. The van der Waals surface area contributed by atoms with Crippen LogP contribution < -0.4 is 5.32 Å². The number of aryl methyl sites for hydroxylation is 2. The maximum atomic E-state index is 12.9. The minimum absolute atomic E-state index is 0.386. The Labute approximate surface area is 190 Å². The van der Waals surface area contributed by atoms with E-state index in [-0.39, 0.29) is 0 Å². The first-order chi connectivity index (χ1) is 15.5. The van der Waals surface area contributed by atoms with Gasteiger partial charge in [-0.3, -0.25) is 10.3 Å². The van der Waals surface area contributed by atoms with Crippen molar-refractivity contribution in [1.82, 2.24) is 0 Å². The third-order valence-electron chi connectivity index (χ3n) is 5.30. The number of nitrogens with zero attached hydrogens (tertiary/aromatic N) is 1. The summed E-state index contributed by atoms with van der Waals surface area (Å²) in [6.07, 6.45) is -5.71. The minimum atomic E-state index is -4.41. The first-order valence-electron chi connectivity index (χ1n) is 10.1. The Hall–Kier alpha value is -2.91. The maximum Gasteiger partial charge on any atom is 0.416 e. The van der Waals surface area contributed by atoms with E-state index in [1.807, 2.05) is 18.3 Å². The number of aliphatic imine (C=N–C) groups is 1. The number of fused-ring (bicyclic) bond motifs is 1. The topological polar surface area (TPSA) is 29.0 Å². The Balaban J connectivity index is 1.66. The molecule has 33 heavy (non-hydrogen) atoms. The predicted molar refractivity (Wildman–Crippen MR) is 117 cm³/mol. The van der Waals surface area contributed by atoms with Gasteiger partial charge in [-0.15, -0.1) is 11.3 Å². The summed E-state index contributed by atoms with van der Waals surface area (Å²) in [6, 6.07) is 11.6. The number of halogens is 6. The van der Waals surface area contributed by atoms with Crippen molar-refractivity contribution < 1.29 is 31.7 Å². The van der Waals surface area contributed by atoms with E-state index in [0.717, 1.165) is 52.4 Å². The third-order valence-corrected chi connectivity index (χ3v) is 6.41. The first kappa shape index (κ1) is 23.3. The second-order valence-electron chi connectivity index (χ2n) is 7.70. The summed E-state index contributed by atoms with van der Waals surface area (Å²) < 4.78 is 77.0. The average Bonchev–Trinajstić information content (AvgIpc) is 3.13. The van der Waals surface area contributed by atoms with Gasteiger partial charge >= 0.3 is 12.4 Å². The van der Waals surface area contributed by atoms with E-state index in [4.69, 9.17) is 0 Å². The van der Waals surface area contributed by atoms with Crippen LogP contribution in [0.3, 0.4) is 0 Å². The number of hydrogen-bond donors (Lipinski definition) is 1. The Kier molecular flexibility index (Phi) is 6.20. The van der Waals surface area contributed by atoms with Crippen molar-refractivity contribution in [2.45, 2.75) is 32.1 Å². The van der Waals surface area contributed by atoms with Gasteiger partial charge in [0.25, 0.3) is 0 Å². The fourth-order valence-electron chi connectivity index (χ4n) is 3.66. The van der Waals surface area contributed by atoms with Crippen molar-refractivity contribution in [1.29, 1.82) is 0 Å². The van der Waals surface area contributed by atoms with Crippen LogP contribution in [0, 0.1) is 6.92 Å². The second kappa shape index (κ2) is 8.79. The van der Waals surface area contributed by atoms with Crippen LogP contribution in [-0.2, 0) is 18.8 Å². The summed E-state index contributed by atoms with van der Waals surface area (Å²) in [7, 11) is 0. The summed E-state index contributed by atoms with van der Waals surface area (Å²) in [5.41, 5.74) is 2.29. The molecule has 0 fully saturated rings. The molecule has 0 radical (unpaired) electrons. The van der Waals surface area contributed by atoms with Crippen molar-refractivity contribution in [3.8, 4) is 0 Å². The lowest BCUT2D eigenvalue weighted by Crippen LogP contribution is -2.75. The Morgan fingerprint density at radius 1 is 0.848 bits per heavy atom. The zero-order valence-electron chi connectivity index (χ0n) is 17.4. The van der Waals surface area contributed by atoms with Gasteiger partial charge in [0, 0.05) is 21.5 Å². The SMILES string of the molecule is Cc1cc2c(s1)CCC(C=Nc1ccc(C(F)(F)F)cc1)=C2[NH2+]c1ccc(C(F)(F)F)cc1. The Morgan fingerprint density at radius 3 is 2.00 bits per heavy atom. The largest absolute Gasteiger partial charge is 0.416 e. The van der Waals surface area contributed by atoms with Crippen LogP contribution in [0.1, 0.15) is 32.9 Å². The molecule has 4 rings (SSSR count). The van der Waals surface area contributed by atoms with Gasteiger partial charge in [-0.25, -0.2) is 0 Å². The van der Waals surface area contributed by atoms with Crippen molar-refractivity contribution in [3.63, 3.8) is 0 Å². The van der Waals surface area contributed by atoms with Gasteiger partial charge in [0.15, 0.2) is 0 Å². The lowest BCUT2D eigenvalue weighted by molar-refractivity contribution is -0.470. The van der Waals surface area contributed by atoms with Crippen molar-refractivity contribution >= 4 is 34.6 Å². The lowest BCUT2D eigenvalue weighted by Gasteiger charge is -2.16. The fourth-order valence-corrected chi connectivity index (χ4v) is 4.71. The van der Waals surface area contributed by atoms with Crippen LogP contribution in [0.5, 0.6) is 0 Å². The molecule has 1 aliphatic carbocycles. The molecule has 0 spiro atoms. The summed E-state index contributed by atoms with van der Waals surface area (Å²) in [5.74, 6) is 0. The molecule has 0 unspecified atom stereocenters. The molecule has 2 aromatic carbocycles. The van der Waals surface area contributed by atoms with E-state index >= 15 is 0 Å². The molecular weight excluding hydrogens is 462 g/mol. The van der Waals surface area contributed by atoms with Crippen LogP contribution in [0.4, 0.5) is 37.7 Å². The zero-order valence-corrected chi connectivity index (χ0v) is 18.2. The Bertz CT molecular complexity index is 1200. The first-order valence-corrected chi connectivity index (χ1v) is 10.9. The molecule has 3 aromatic rings. The van der Waals surface area contributed by atoms with Gasteiger partial charge in [-0.2, -0.15) is 26.3 Å². The van der Waals surface area contributed by atoms with Gasteiger partial charge in [-0.1, -0.05) is 0 Å². The number of nitrogens with two attached hydrogens (primary N) is 1. The lowest BCUT2D eigenvalue weighted by atomic mass is 9.95. The molecule has 2 nitrogen and oxygen atoms in total. The quantitative estimate of drug-likeness (QED) is 0.235. The van der Waals surface area contributed by atoms with Gasteiger partial charge < -0.3 is 0 Å². The normalized spacial score (nSPS) is 14.8. The zero-order chi connectivity index (χ0) is 23.8. The molecule has 0 aliphatic heterocycles. The van der Waals surface area contributed by atoms with E-state index in [9.17, 15) is 26.3 Å². The summed E-state index contributed by atoms with van der Waals surface area (Å²) in [6.45, 7) is 1.99. The molecule has 1 aromatic heterocycles. The van der Waals surface area contributed by atoms with E-state index < -0.39 is 23.5 Å². The monoisotopic (exact) mass is 481 g/mol. The molecule has 1 aliphatic rings. The van der Waals surface area contributed by atoms with E-state index in [1.54, 1.807) is 17.6 Å². The van der Waals surface area contributed by atoms with Crippen molar-refractivity contribution in [2.75, 3.05) is 0 Å². The van der Waals surface area contributed by atoms with Crippen LogP contribution in [0.15, 0.2) is 65.2 Å². The van der Waals surface area contributed by atoms with Crippen molar-refractivity contribution in [3.05, 3.63) is 86.6 Å². The van der Waals surface area contributed by atoms with Gasteiger partial charge in [0.1, 0.15) is 11.4 Å². The molecule has 0 bridgehead atoms. The highest BCUT2D eigenvalue weighted by atomic mass is 32.1. The molecule has 9 heteroatoms. The third kappa shape index (κ3) is 5.36. The van der Waals surface area contributed by atoms with Crippen LogP contribution in [0.2, 0.25) is 0 Å². The molecule has 1 heterocycles. The minimum Gasteiger partial charge on any atom is -0.281 e. The number of rotatable bonds is 4. The van der Waals surface area contributed by atoms with Gasteiger partial charge in [0.2, 0.25) is 0 Å². The maximum absolute atomic E-state index is 12.9. The van der Waals surface area contributed by atoms with Gasteiger partial charge in [-0.05, 0) is 74.4 Å². The van der Waals surface area contributed by atoms with E-state index in [2.05, 4.69) is 4.99 Å². The summed E-state index contributed by atoms with van der Waals surface area (Å²) in [4.78, 5) is 6.67. The molecule has 2 N–H and O–H groups in total. The highest BCUT2D eigenvalue weighted by Gasteiger charge is 2.31. The van der Waals surface area contributed by atoms with Crippen LogP contribution in [0.25, 0.3) is 5.70 Å². The number of thiophene rings is 1. The van der Waals surface area contributed by atoms with Crippen LogP contribution in [-0.4, -0.2) is 6.21 Å². The average molecular weight is 481 g/mol. The molecular formula is C24H19F6N2S+. The molecule has 172 valence electrons. The molecule has 0 saturated heterocycles. The van der Waals surface area contributed by atoms with E-state index in [1.165, 1.54) is 29.1 Å². The smallest absolute Gasteiger partial charge is 0.281 e. The summed E-state index contributed by atoms with van der Waals surface area (Å²) >= 11 is 1.68. The Morgan fingerprint density at radius 2 is 1.42 bits per heavy atom. The number of quaternary nitrogens is 1. The standard InChI is InChI=1S/C24H18F6N2S/c1-14-12-20-21(33-14)11-2-15(13-31-18-7-3-16(4-8-18)23(25,26)27)22(20)32-19-9-5-17(6-10-19)24(28,29)30/h3-10,12-13,32H,2,11H2,1H3/p+1. The van der Waals surface area contributed by atoms with Crippen molar-refractivity contribution in [2.24, 2.45) is 4.99 Å². The molecule has 0 amide bonds. The summed E-state index contributed by atoms with van der Waals surface area (Å²) in [5, 5.41) is 1.83. The van der Waals surface area contributed by atoms with E-state index in [0.29, 0.717) is 17.8 Å².